The van der Waals surface area contributed by atoms with Crippen molar-refractivity contribution in [1.82, 2.24) is 20.4 Å². The van der Waals surface area contributed by atoms with E-state index in [9.17, 15) is 19.2 Å². The minimum absolute atomic E-state index is 0.139. The lowest BCUT2D eigenvalue weighted by molar-refractivity contribution is -0.138. The molecule has 0 aromatic heterocycles. The predicted molar refractivity (Wildman–Crippen MR) is 102 cm³/mol. The molecule has 2 fully saturated rings. The number of hydrogen-bond donors (Lipinski definition) is 2. The number of carbonyl (C=O) groups excluding carboxylic acids is 4. The average molecular weight is 386 g/mol. The summed E-state index contributed by atoms with van der Waals surface area (Å²) in [4.78, 5) is 52.6. The molecule has 8 nitrogen and oxygen atoms in total. The number of nitrogens with one attached hydrogen (secondary N) is 2. The van der Waals surface area contributed by atoms with E-state index in [1.807, 2.05) is 6.07 Å². The van der Waals surface area contributed by atoms with Gasteiger partial charge in [-0.25, -0.2) is 4.79 Å². The van der Waals surface area contributed by atoms with Gasteiger partial charge >= 0.3 is 6.03 Å². The molecule has 2 N–H and O–H groups in total. The van der Waals surface area contributed by atoms with Crippen LogP contribution in [0.25, 0.3) is 0 Å². The Morgan fingerprint density at radius 2 is 1.79 bits per heavy atom. The van der Waals surface area contributed by atoms with Gasteiger partial charge in [-0.15, -0.1) is 0 Å². The zero-order valence-corrected chi connectivity index (χ0v) is 16.2. The molecule has 2 heterocycles. The van der Waals surface area contributed by atoms with Gasteiger partial charge in [0.25, 0.3) is 5.91 Å². The van der Waals surface area contributed by atoms with Gasteiger partial charge in [0.2, 0.25) is 11.8 Å². The highest BCUT2D eigenvalue weighted by Crippen LogP contribution is 2.28. The molecule has 2 aliphatic heterocycles. The first kappa shape index (κ1) is 19.9. The second-order valence-electron chi connectivity index (χ2n) is 7.49. The molecule has 1 aromatic carbocycles. The number of amides is 5. The van der Waals surface area contributed by atoms with E-state index in [0.29, 0.717) is 18.7 Å². The molecule has 2 saturated heterocycles. The largest absolute Gasteiger partial charge is 0.343 e. The molecule has 28 heavy (non-hydrogen) atoms. The summed E-state index contributed by atoms with van der Waals surface area (Å²) in [7, 11) is 0. The zero-order chi connectivity index (χ0) is 20.3. The molecule has 0 saturated carbocycles. The Hall–Kier alpha value is -2.90. The van der Waals surface area contributed by atoms with E-state index in [-0.39, 0.29) is 5.91 Å². The summed E-state index contributed by atoms with van der Waals surface area (Å²) >= 11 is 0. The Labute approximate surface area is 164 Å². The van der Waals surface area contributed by atoms with Crippen molar-refractivity contribution in [2.45, 2.75) is 44.7 Å². The van der Waals surface area contributed by atoms with Crippen molar-refractivity contribution in [2.75, 3.05) is 19.6 Å². The van der Waals surface area contributed by atoms with E-state index >= 15 is 0 Å². The fourth-order valence-electron chi connectivity index (χ4n) is 3.69. The molecule has 0 bridgehead atoms. The van der Waals surface area contributed by atoms with Crippen LogP contribution in [0, 0.1) is 0 Å². The number of urea groups is 1. The molecule has 8 heteroatoms. The summed E-state index contributed by atoms with van der Waals surface area (Å²) < 4.78 is 0. The smallest absolute Gasteiger partial charge is 0.325 e. The third-order valence-electron chi connectivity index (χ3n) is 5.34. The minimum atomic E-state index is -1.21. The second kappa shape index (κ2) is 8.00. The topological polar surface area (TPSA) is 98.8 Å². The van der Waals surface area contributed by atoms with Crippen LogP contribution in [-0.4, -0.2) is 59.2 Å². The summed E-state index contributed by atoms with van der Waals surface area (Å²) in [5, 5.41) is 5.27. The first-order chi connectivity index (χ1) is 13.3. The predicted octanol–water partition coefficient (Wildman–Crippen LogP) is 0.971. The molecule has 0 radical (unpaired) electrons. The highest BCUT2D eigenvalue weighted by atomic mass is 16.2. The van der Waals surface area contributed by atoms with Gasteiger partial charge in [-0.3, -0.25) is 19.3 Å². The molecule has 2 atom stereocenters. The van der Waals surface area contributed by atoms with Gasteiger partial charge < -0.3 is 15.5 Å². The van der Waals surface area contributed by atoms with Crippen molar-refractivity contribution < 1.29 is 19.2 Å². The normalized spacial score (nSPS) is 23.4. The molecule has 0 aliphatic carbocycles. The Kier molecular flexibility index (Phi) is 5.67. The summed E-state index contributed by atoms with van der Waals surface area (Å²) in [6, 6.07) is 7.56. The summed E-state index contributed by atoms with van der Waals surface area (Å²) in [5.41, 5.74) is -0.571. The maximum atomic E-state index is 12.8. The number of hydrogen-bond acceptors (Lipinski definition) is 4. The van der Waals surface area contributed by atoms with Gasteiger partial charge in [0.15, 0.2) is 0 Å². The Bertz CT molecular complexity index is 776. The number of nitrogens with zero attached hydrogens (tertiary/aromatic N) is 2. The van der Waals surface area contributed by atoms with Crippen molar-refractivity contribution in [3.8, 4) is 0 Å². The summed E-state index contributed by atoms with van der Waals surface area (Å²) in [6.07, 6.45) is 3.04. The second-order valence-corrected chi connectivity index (χ2v) is 7.49. The van der Waals surface area contributed by atoms with Gasteiger partial charge in [-0.05, 0) is 38.7 Å². The maximum absolute atomic E-state index is 12.8. The summed E-state index contributed by atoms with van der Waals surface area (Å²) in [6.45, 7) is 4.20. The molecular formula is C20H26N4O4. The molecule has 3 rings (SSSR count). The van der Waals surface area contributed by atoms with E-state index in [2.05, 4.69) is 10.6 Å². The lowest BCUT2D eigenvalue weighted by Gasteiger charge is -2.29. The third kappa shape index (κ3) is 3.85. The van der Waals surface area contributed by atoms with Gasteiger partial charge in [0, 0.05) is 13.1 Å². The van der Waals surface area contributed by atoms with E-state index in [4.69, 9.17) is 0 Å². The fraction of sp³-hybridized carbons (Fsp3) is 0.500. The van der Waals surface area contributed by atoms with Gasteiger partial charge in [-0.2, -0.15) is 0 Å². The van der Waals surface area contributed by atoms with Crippen LogP contribution in [0.3, 0.4) is 0 Å². The van der Waals surface area contributed by atoms with Crippen molar-refractivity contribution in [2.24, 2.45) is 0 Å². The average Bonchev–Trinajstić information content (AvgIpc) is 2.92. The number of piperidine rings is 1. The van der Waals surface area contributed by atoms with Crippen LogP contribution in [0.1, 0.15) is 38.7 Å². The molecule has 5 amide bonds. The zero-order valence-electron chi connectivity index (χ0n) is 16.2. The number of rotatable bonds is 5. The lowest BCUT2D eigenvalue weighted by atomic mass is 9.92. The quantitative estimate of drug-likeness (QED) is 0.737. The highest BCUT2D eigenvalue weighted by molar-refractivity contribution is 6.09. The third-order valence-corrected chi connectivity index (χ3v) is 5.34. The van der Waals surface area contributed by atoms with E-state index in [1.165, 1.54) is 0 Å². The fourth-order valence-corrected chi connectivity index (χ4v) is 3.69. The Balaban J connectivity index is 1.61. The number of carbonyl (C=O) groups is 4. The van der Waals surface area contributed by atoms with Gasteiger partial charge in [0.05, 0.1) is 0 Å². The van der Waals surface area contributed by atoms with Gasteiger partial charge in [-0.1, -0.05) is 30.3 Å². The van der Waals surface area contributed by atoms with Crippen LogP contribution in [0.4, 0.5) is 4.79 Å². The molecule has 150 valence electrons. The SMILES string of the molecule is C[C@H](NC(=O)CN1C(=O)N[C@](C)(c2ccccc2)C1=O)C(=O)N1CCCCC1. The minimum Gasteiger partial charge on any atom is -0.343 e. The molecule has 1 aromatic rings. The summed E-state index contributed by atoms with van der Waals surface area (Å²) in [5.74, 6) is -1.17. The molecular weight excluding hydrogens is 360 g/mol. The first-order valence-electron chi connectivity index (χ1n) is 9.60. The monoisotopic (exact) mass is 386 g/mol. The Morgan fingerprint density at radius 1 is 1.14 bits per heavy atom. The van der Waals surface area contributed by atoms with Crippen LogP contribution in [-0.2, 0) is 19.9 Å². The number of benzene rings is 1. The van der Waals surface area contributed by atoms with Crippen molar-refractivity contribution in [3.05, 3.63) is 35.9 Å². The van der Waals surface area contributed by atoms with Crippen LogP contribution in [0.15, 0.2) is 30.3 Å². The van der Waals surface area contributed by atoms with Crippen LogP contribution in [0.2, 0.25) is 0 Å². The standard InChI is InChI=1S/C20H26N4O4/c1-14(17(26)23-11-7-4-8-12-23)21-16(25)13-24-18(27)20(2,22-19(24)28)15-9-5-3-6-10-15/h3,5-6,9-10,14H,4,7-8,11-13H2,1-2H3,(H,21,25)(H,22,28)/t14-,20+/m0/s1. The maximum Gasteiger partial charge on any atom is 0.325 e. The van der Waals surface area contributed by atoms with Crippen molar-refractivity contribution in [3.63, 3.8) is 0 Å². The first-order valence-corrected chi connectivity index (χ1v) is 9.60. The number of imide groups is 1. The number of likely N-dealkylation sites (tertiary alicyclic amines) is 1. The molecule has 0 spiro atoms. The van der Waals surface area contributed by atoms with Crippen molar-refractivity contribution in [1.29, 1.82) is 0 Å². The van der Waals surface area contributed by atoms with E-state index in [1.54, 1.807) is 43.0 Å². The lowest BCUT2D eigenvalue weighted by Crippen LogP contribution is -2.51. The van der Waals surface area contributed by atoms with E-state index < -0.39 is 36.0 Å². The molecule has 0 unspecified atom stereocenters. The van der Waals surface area contributed by atoms with E-state index in [0.717, 1.165) is 24.2 Å². The Morgan fingerprint density at radius 3 is 2.43 bits per heavy atom. The molecule has 2 aliphatic rings. The van der Waals surface area contributed by atoms with Crippen molar-refractivity contribution >= 4 is 23.8 Å². The van der Waals surface area contributed by atoms with Crippen LogP contribution >= 0.6 is 0 Å². The van der Waals surface area contributed by atoms with Gasteiger partial charge in [0.1, 0.15) is 18.1 Å². The van der Waals surface area contributed by atoms with Crippen LogP contribution in [0.5, 0.6) is 0 Å². The highest BCUT2D eigenvalue weighted by Gasteiger charge is 2.49. The van der Waals surface area contributed by atoms with Crippen LogP contribution < -0.4 is 10.6 Å².